The topological polar surface area (TPSA) is 116 Å². The van der Waals surface area contributed by atoms with Crippen molar-refractivity contribution < 1.29 is 19.7 Å². The Labute approximate surface area is 169 Å². The molecule has 2 aliphatic rings. The normalized spacial score (nSPS) is 22.1. The number of rotatable bonds is 6. The lowest BCUT2D eigenvalue weighted by molar-refractivity contribution is -0.397. The Morgan fingerprint density at radius 1 is 1.21 bits per heavy atom. The molecule has 1 aromatic rings. The van der Waals surface area contributed by atoms with Gasteiger partial charge in [-0.1, -0.05) is 31.4 Å². The summed E-state index contributed by atoms with van der Waals surface area (Å²) in [6.45, 7) is 7.73. The highest BCUT2D eigenvalue weighted by atomic mass is 16.6. The van der Waals surface area contributed by atoms with Gasteiger partial charge in [0, 0.05) is 11.8 Å². The van der Waals surface area contributed by atoms with Crippen LogP contribution in [0.2, 0.25) is 0 Å². The molecule has 0 aromatic heterocycles. The summed E-state index contributed by atoms with van der Waals surface area (Å²) in [5.41, 5.74) is -0.309. The molecule has 0 spiro atoms. The van der Waals surface area contributed by atoms with Gasteiger partial charge >= 0.3 is 11.4 Å². The van der Waals surface area contributed by atoms with Gasteiger partial charge in [0.1, 0.15) is 11.2 Å². The van der Waals surface area contributed by atoms with Crippen LogP contribution in [0.3, 0.4) is 0 Å². The van der Waals surface area contributed by atoms with Crippen molar-refractivity contribution in [2.24, 2.45) is 5.92 Å². The number of nitrogens with zero attached hydrogens (tertiary/aromatic N) is 2. The Morgan fingerprint density at radius 3 is 2.45 bits per heavy atom. The molecule has 158 valence electrons. The van der Waals surface area contributed by atoms with Crippen molar-refractivity contribution in [3.05, 3.63) is 43.0 Å². The van der Waals surface area contributed by atoms with Crippen LogP contribution in [-0.4, -0.2) is 20.6 Å². The van der Waals surface area contributed by atoms with Gasteiger partial charge in [-0.3, -0.25) is 20.2 Å². The second-order valence-electron chi connectivity index (χ2n) is 8.65. The summed E-state index contributed by atoms with van der Waals surface area (Å²) >= 11 is 0. The van der Waals surface area contributed by atoms with Crippen LogP contribution in [0.15, 0.2) is 11.6 Å². The van der Waals surface area contributed by atoms with E-state index >= 15 is 0 Å². The summed E-state index contributed by atoms with van der Waals surface area (Å²) in [6, 6.07) is 0. The fourth-order valence-electron chi connectivity index (χ4n) is 4.86. The SMILES string of the molecule is CCCCCc1c([N+](=O)[O-])c(O)c2c(c1[N+](=O)[O-])OC(C)(C)[C@@H]1CC=C(C)C[C@@H]21. The molecule has 0 saturated carbocycles. The summed E-state index contributed by atoms with van der Waals surface area (Å²) in [6.07, 6.45) is 5.76. The molecule has 8 heteroatoms. The third-order valence-electron chi connectivity index (χ3n) is 6.28. The number of allylic oxidation sites excluding steroid dienone is 2. The fraction of sp³-hybridized carbons (Fsp3) is 0.619. The molecule has 3 rings (SSSR count). The molecule has 8 nitrogen and oxygen atoms in total. The molecule has 0 saturated heterocycles. The van der Waals surface area contributed by atoms with Crippen LogP contribution in [0.1, 0.15) is 76.8 Å². The number of nitro groups is 2. The number of phenols is 1. The molecule has 2 atom stereocenters. The molecule has 1 N–H and O–H groups in total. The van der Waals surface area contributed by atoms with E-state index in [1.54, 1.807) is 0 Å². The van der Waals surface area contributed by atoms with Crippen LogP contribution < -0.4 is 4.74 Å². The van der Waals surface area contributed by atoms with E-state index in [4.69, 9.17) is 4.74 Å². The molecular formula is C21H28N2O6. The zero-order chi connectivity index (χ0) is 21.5. The highest BCUT2D eigenvalue weighted by Gasteiger charge is 2.51. The minimum atomic E-state index is -0.692. The fourth-order valence-corrected chi connectivity index (χ4v) is 4.86. The lowest BCUT2D eigenvalue weighted by Crippen LogP contribution is -2.45. The molecule has 0 fully saturated rings. The number of aromatic hydroxyl groups is 1. The maximum atomic E-state index is 12.1. The van der Waals surface area contributed by atoms with E-state index < -0.39 is 26.9 Å². The monoisotopic (exact) mass is 404 g/mol. The zero-order valence-corrected chi connectivity index (χ0v) is 17.4. The third-order valence-corrected chi connectivity index (χ3v) is 6.28. The second kappa shape index (κ2) is 7.65. The number of unbranched alkanes of at least 4 members (excludes halogenated alkanes) is 2. The Morgan fingerprint density at radius 2 is 1.86 bits per heavy atom. The lowest BCUT2D eigenvalue weighted by atomic mass is 9.66. The van der Waals surface area contributed by atoms with Gasteiger partial charge < -0.3 is 9.84 Å². The first kappa shape index (κ1) is 21.1. The van der Waals surface area contributed by atoms with E-state index in [1.165, 1.54) is 0 Å². The predicted octanol–water partition coefficient (Wildman–Crippen LogP) is 5.55. The van der Waals surface area contributed by atoms with Crippen molar-refractivity contribution in [3.8, 4) is 11.5 Å². The van der Waals surface area contributed by atoms with Gasteiger partial charge in [-0.2, -0.15) is 0 Å². The van der Waals surface area contributed by atoms with Gasteiger partial charge in [-0.25, -0.2) is 0 Å². The van der Waals surface area contributed by atoms with Crippen molar-refractivity contribution in [3.63, 3.8) is 0 Å². The number of phenolic OH excluding ortho intramolecular Hbond substituents is 1. The van der Waals surface area contributed by atoms with Crippen LogP contribution in [0.5, 0.6) is 11.5 Å². The van der Waals surface area contributed by atoms with Crippen LogP contribution in [0.4, 0.5) is 11.4 Å². The molecule has 1 aromatic carbocycles. The number of benzene rings is 1. The van der Waals surface area contributed by atoms with Crippen LogP contribution in [0.25, 0.3) is 0 Å². The zero-order valence-electron chi connectivity index (χ0n) is 17.4. The van der Waals surface area contributed by atoms with Crippen molar-refractivity contribution in [1.29, 1.82) is 0 Å². The molecule has 0 amide bonds. The van der Waals surface area contributed by atoms with E-state index in [0.717, 1.165) is 18.4 Å². The average Bonchev–Trinajstić information content (AvgIpc) is 2.60. The summed E-state index contributed by atoms with van der Waals surface area (Å²) in [7, 11) is 0. The minimum absolute atomic E-state index is 0.00514. The molecule has 0 radical (unpaired) electrons. The number of ether oxygens (including phenoxy) is 1. The standard InChI is InChI=1S/C21H28N2O6/c1-5-6-7-8-13-17(22(25)26)19(24)16-14-11-12(2)9-10-15(14)21(3,4)29-20(16)18(13)23(27)28/h9,14-15,24H,5-8,10-11H2,1-4H3/t14-,15-/m1/s1. The van der Waals surface area contributed by atoms with E-state index in [1.807, 2.05) is 27.7 Å². The maximum Gasteiger partial charge on any atom is 0.321 e. The maximum absolute atomic E-state index is 12.1. The Bertz CT molecular complexity index is 890. The molecule has 1 heterocycles. The number of hydrogen-bond donors (Lipinski definition) is 1. The van der Waals surface area contributed by atoms with E-state index in [-0.39, 0.29) is 40.8 Å². The molecule has 1 aliphatic carbocycles. The van der Waals surface area contributed by atoms with Gasteiger partial charge in [-0.15, -0.1) is 0 Å². The Balaban J connectivity index is 2.32. The third kappa shape index (κ3) is 3.56. The molecular weight excluding hydrogens is 376 g/mol. The van der Waals surface area contributed by atoms with Gasteiger partial charge in [0.2, 0.25) is 11.5 Å². The van der Waals surface area contributed by atoms with Crippen LogP contribution >= 0.6 is 0 Å². The summed E-state index contributed by atoms with van der Waals surface area (Å²) in [5.74, 6) is -0.761. The molecule has 0 unspecified atom stereocenters. The second-order valence-corrected chi connectivity index (χ2v) is 8.65. The minimum Gasteiger partial charge on any atom is -0.502 e. The molecule has 1 aliphatic heterocycles. The van der Waals surface area contributed by atoms with E-state index in [0.29, 0.717) is 19.3 Å². The van der Waals surface area contributed by atoms with Crippen molar-refractivity contribution in [2.75, 3.05) is 0 Å². The quantitative estimate of drug-likeness (QED) is 0.287. The van der Waals surface area contributed by atoms with E-state index in [2.05, 4.69) is 6.08 Å². The lowest BCUT2D eigenvalue weighted by Gasteiger charge is -2.46. The smallest absolute Gasteiger partial charge is 0.321 e. The van der Waals surface area contributed by atoms with E-state index in [9.17, 15) is 25.3 Å². The number of hydrogen-bond acceptors (Lipinski definition) is 6. The summed E-state index contributed by atoms with van der Waals surface area (Å²) in [4.78, 5) is 22.6. The molecule has 29 heavy (non-hydrogen) atoms. The van der Waals surface area contributed by atoms with Gasteiger partial charge in [0.05, 0.1) is 15.4 Å². The van der Waals surface area contributed by atoms with Crippen molar-refractivity contribution in [2.45, 2.75) is 77.7 Å². The first-order valence-corrected chi connectivity index (χ1v) is 10.1. The van der Waals surface area contributed by atoms with Crippen LogP contribution in [-0.2, 0) is 6.42 Å². The highest BCUT2D eigenvalue weighted by Crippen LogP contribution is 2.60. The average molecular weight is 404 g/mol. The van der Waals surface area contributed by atoms with Crippen LogP contribution in [0, 0.1) is 26.1 Å². The largest absolute Gasteiger partial charge is 0.502 e. The Hall–Kier alpha value is -2.64. The van der Waals surface area contributed by atoms with Crippen molar-refractivity contribution in [1.82, 2.24) is 0 Å². The Kier molecular flexibility index (Phi) is 5.56. The van der Waals surface area contributed by atoms with Crippen molar-refractivity contribution >= 4 is 11.4 Å². The predicted molar refractivity (Wildman–Crippen MR) is 109 cm³/mol. The van der Waals surface area contributed by atoms with Gasteiger partial charge in [0.25, 0.3) is 0 Å². The van der Waals surface area contributed by atoms with Gasteiger partial charge in [0.15, 0.2) is 0 Å². The summed E-state index contributed by atoms with van der Waals surface area (Å²) in [5, 5.41) is 34.9. The number of fused-ring (bicyclic) bond motifs is 3. The first-order valence-electron chi connectivity index (χ1n) is 10.1. The highest BCUT2D eigenvalue weighted by molar-refractivity contribution is 5.74. The number of nitro benzene ring substituents is 2. The first-order chi connectivity index (χ1) is 13.6. The molecule has 0 bridgehead atoms. The summed E-state index contributed by atoms with van der Waals surface area (Å²) < 4.78 is 6.13. The van der Waals surface area contributed by atoms with Gasteiger partial charge in [-0.05, 0) is 46.5 Å².